The third-order valence-electron chi connectivity index (χ3n) is 3.94. The molecule has 2 unspecified atom stereocenters. The Hall–Kier alpha value is -1.20. The second-order valence-corrected chi connectivity index (χ2v) is 5.48. The molecule has 2 rings (SSSR count). The molecule has 2 atom stereocenters. The van der Waals surface area contributed by atoms with E-state index in [2.05, 4.69) is 0 Å². The molecule has 0 spiro atoms. The Morgan fingerprint density at radius 3 is 2.62 bits per heavy atom. The van der Waals surface area contributed by atoms with Gasteiger partial charge in [0.15, 0.2) is 0 Å². The Kier molecular flexibility index (Phi) is 6.55. The zero-order valence-corrected chi connectivity index (χ0v) is 12.8. The van der Waals surface area contributed by atoms with Crippen molar-refractivity contribution < 1.29 is 13.6 Å². The van der Waals surface area contributed by atoms with Gasteiger partial charge in [-0.05, 0) is 37.8 Å². The first-order valence-electron chi connectivity index (χ1n) is 6.95. The van der Waals surface area contributed by atoms with Gasteiger partial charge in [0.05, 0.1) is 6.42 Å². The summed E-state index contributed by atoms with van der Waals surface area (Å²) in [6, 6.07) is 3.67. The summed E-state index contributed by atoms with van der Waals surface area (Å²) in [7, 11) is 0. The lowest BCUT2D eigenvalue weighted by atomic mass is 9.92. The first kappa shape index (κ1) is 17.9. The lowest BCUT2D eigenvalue weighted by Crippen LogP contribution is -2.45. The molecule has 1 saturated heterocycles. The van der Waals surface area contributed by atoms with Crippen molar-refractivity contribution in [2.45, 2.75) is 32.2 Å². The number of halogens is 3. The van der Waals surface area contributed by atoms with Crippen molar-refractivity contribution in [3.05, 3.63) is 35.4 Å². The fourth-order valence-corrected chi connectivity index (χ4v) is 2.63. The zero-order chi connectivity index (χ0) is 14.7. The summed E-state index contributed by atoms with van der Waals surface area (Å²) in [6.45, 7) is 3.14. The molecule has 21 heavy (non-hydrogen) atoms. The molecule has 1 fully saturated rings. The molecule has 1 aliphatic heterocycles. The highest BCUT2D eigenvalue weighted by molar-refractivity contribution is 5.85. The summed E-state index contributed by atoms with van der Waals surface area (Å²) in [4.78, 5) is 13.9. The van der Waals surface area contributed by atoms with Gasteiger partial charge in [0.1, 0.15) is 11.6 Å². The number of carbonyl (C=O) groups is 1. The van der Waals surface area contributed by atoms with Crippen LogP contribution in [0.15, 0.2) is 18.2 Å². The minimum Gasteiger partial charge on any atom is -0.342 e. The molecule has 0 radical (unpaired) electrons. The number of nitrogens with zero attached hydrogens (tertiary/aromatic N) is 1. The number of nitrogens with two attached hydrogens (primary N) is 1. The van der Waals surface area contributed by atoms with Crippen molar-refractivity contribution in [1.82, 2.24) is 4.90 Å². The van der Waals surface area contributed by atoms with E-state index in [9.17, 15) is 13.6 Å². The normalized spacial score (nSPS) is 19.8. The summed E-state index contributed by atoms with van der Waals surface area (Å²) in [5.41, 5.74) is 5.72. The molecule has 1 amide bonds. The molecule has 0 aliphatic carbocycles. The number of rotatable bonds is 3. The van der Waals surface area contributed by atoms with Crippen LogP contribution in [0.1, 0.15) is 25.3 Å². The Morgan fingerprint density at radius 1 is 1.43 bits per heavy atom. The number of likely N-dealkylation sites (tertiary alicyclic amines) is 1. The third kappa shape index (κ3) is 4.38. The molecule has 3 nitrogen and oxygen atoms in total. The van der Waals surface area contributed by atoms with Crippen LogP contribution in [0.3, 0.4) is 0 Å². The minimum atomic E-state index is -0.667. The van der Waals surface area contributed by atoms with Crippen molar-refractivity contribution in [2.75, 3.05) is 13.1 Å². The monoisotopic (exact) mass is 318 g/mol. The molecule has 0 aromatic heterocycles. The van der Waals surface area contributed by atoms with Crippen LogP contribution < -0.4 is 5.73 Å². The van der Waals surface area contributed by atoms with Crippen molar-refractivity contribution in [1.29, 1.82) is 0 Å². The zero-order valence-electron chi connectivity index (χ0n) is 12.0. The van der Waals surface area contributed by atoms with Gasteiger partial charge >= 0.3 is 0 Å². The van der Waals surface area contributed by atoms with Gasteiger partial charge in [-0.2, -0.15) is 0 Å². The van der Waals surface area contributed by atoms with Crippen LogP contribution in [-0.4, -0.2) is 29.9 Å². The van der Waals surface area contributed by atoms with Crippen molar-refractivity contribution in [2.24, 2.45) is 11.7 Å². The molecule has 0 saturated carbocycles. The van der Waals surface area contributed by atoms with Crippen LogP contribution in [0.2, 0.25) is 0 Å². The predicted molar refractivity (Wildman–Crippen MR) is 80.3 cm³/mol. The van der Waals surface area contributed by atoms with Gasteiger partial charge in [-0.3, -0.25) is 4.79 Å². The Balaban J connectivity index is 0.00000220. The number of benzene rings is 1. The van der Waals surface area contributed by atoms with E-state index >= 15 is 0 Å². The van der Waals surface area contributed by atoms with Crippen LogP contribution in [0.4, 0.5) is 8.78 Å². The smallest absolute Gasteiger partial charge is 0.227 e. The van der Waals surface area contributed by atoms with E-state index in [1.807, 2.05) is 6.92 Å². The summed E-state index contributed by atoms with van der Waals surface area (Å²) in [5, 5.41) is 0. The van der Waals surface area contributed by atoms with E-state index in [1.165, 1.54) is 18.2 Å². The summed E-state index contributed by atoms with van der Waals surface area (Å²) < 4.78 is 27.1. The fourth-order valence-electron chi connectivity index (χ4n) is 2.63. The first-order valence-corrected chi connectivity index (χ1v) is 6.95. The quantitative estimate of drug-likeness (QED) is 0.931. The van der Waals surface area contributed by atoms with Crippen molar-refractivity contribution in [3.8, 4) is 0 Å². The number of hydrogen-bond donors (Lipinski definition) is 1. The van der Waals surface area contributed by atoms with E-state index in [-0.39, 0.29) is 42.3 Å². The molecular formula is C15H21ClF2N2O. The van der Waals surface area contributed by atoms with Gasteiger partial charge in [-0.15, -0.1) is 12.4 Å². The maximum absolute atomic E-state index is 13.6. The van der Waals surface area contributed by atoms with Gasteiger partial charge in [0.25, 0.3) is 0 Å². The maximum Gasteiger partial charge on any atom is 0.227 e. The number of carbonyl (C=O) groups excluding carboxylic acids is 1. The standard InChI is InChI=1S/C15H20F2N2O.ClH/c1-10(18)11-4-3-7-19(9-11)15(20)8-12-13(16)5-2-6-14(12)17;/h2,5-6,10-11H,3-4,7-9,18H2,1H3;1H. The Bertz CT molecular complexity index is 476. The molecule has 118 valence electrons. The second kappa shape index (κ2) is 7.71. The molecular weight excluding hydrogens is 298 g/mol. The van der Waals surface area contributed by atoms with E-state index in [0.29, 0.717) is 13.1 Å². The summed E-state index contributed by atoms with van der Waals surface area (Å²) in [5.74, 6) is -1.31. The molecule has 1 heterocycles. The van der Waals surface area contributed by atoms with Crippen LogP contribution in [-0.2, 0) is 11.2 Å². The van der Waals surface area contributed by atoms with Gasteiger partial charge in [0.2, 0.25) is 5.91 Å². The highest BCUT2D eigenvalue weighted by atomic mass is 35.5. The number of piperidine rings is 1. The summed E-state index contributed by atoms with van der Waals surface area (Å²) in [6.07, 6.45) is 1.65. The van der Waals surface area contributed by atoms with Crippen LogP contribution in [0.5, 0.6) is 0 Å². The number of hydrogen-bond acceptors (Lipinski definition) is 2. The van der Waals surface area contributed by atoms with Gasteiger partial charge in [0, 0.05) is 24.7 Å². The fraction of sp³-hybridized carbons (Fsp3) is 0.533. The minimum absolute atomic E-state index is 0. The van der Waals surface area contributed by atoms with E-state index in [4.69, 9.17) is 5.73 Å². The van der Waals surface area contributed by atoms with Gasteiger partial charge in [-0.1, -0.05) is 6.07 Å². The average Bonchev–Trinajstić information content (AvgIpc) is 2.43. The van der Waals surface area contributed by atoms with E-state index in [0.717, 1.165) is 12.8 Å². The van der Waals surface area contributed by atoms with Crippen LogP contribution in [0, 0.1) is 17.6 Å². The van der Waals surface area contributed by atoms with Crippen molar-refractivity contribution >= 4 is 18.3 Å². The third-order valence-corrected chi connectivity index (χ3v) is 3.94. The number of amides is 1. The predicted octanol–water partition coefficient (Wildman–Crippen LogP) is 2.51. The molecule has 1 aromatic rings. The SMILES string of the molecule is CC(N)C1CCCN(C(=O)Cc2c(F)cccc2F)C1.Cl. The molecule has 2 N–H and O–H groups in total. The second-order valence-electron chi connectivity index (χ2n) is 5.48. The summed E-state index contributed by atoms with van der Waals surface area (Å²) >= 11 is 0. The van der Waals surface area contributed by atoms with Gasteiger partial charge < -0.3 is 10.6 Å². The molecule has 6 heteroatoms. The van der Waals surface area contributed by atoms with E-state index in [1.54, 1.807) is 4.90 Å². The molecule has 1 aliphatic rings. The lowest BCUT2D eigenvalue weighted by Gasteiger charge is -2.34. The highest BCUT2D eigenvalue weighted by Gasteiger charge is 2.26. The highest BCUT2D eigenvalue weighted by Crippen LogP contribution is 2.20. The van der Waals surface area contributed by atoms with Crippen molar-refractivity contribution in [3.63, 3.8) is 0 Å². The molecule has 0 bridgehead atoms. The Labute approximate surface area is 129 Å². The van der Waals surface area contributed by atoms with Crippen LogP contribution in [0.25, 0.3) is 0 Å². The Morgan fingerprint density at radius 2 is 2.05 bits per heavy atom. The molecule has 1 aromatic carbocycles. The largest absolute Gasteiger partial charge is 0.342 e. The van der Waals surface area contributed by atoms with Gasteiger partial charge in [-0.25, -0.2) is 8.78 Å². The topological polar surface area (TPSA) is 46.3 Å². The average molecular weight is 319 g/mol. The maximum atomic E-state index is 13.6. The van der Waals surface area contributed by atoms with E-state index < -0.39 is 11.6 Å². The van der Waals surface area contributed by atoms with Crippen LogP contribution >= 0.6 is 12.4 Å². The lowest BCUT2D eigenvalue weighted by molar-refractivity contribution is -0.132. The first-order chi connectivity index (χ1) is 9.49.